The van der Waals surface area contributed by atoms with Crippen LogP contribution in [0.3, 0.4) is 0 Å². The lowest BCUT2D eigenvalue weighted by Gasteiger charge is -2.34. The quantitative estimate of drug-likeness (QED) is 0.870. The van der Waals surface area contributed by atoms with Crippen LogP contribution < -0.4 is 4.90 Å². The zero-order valence-electron chi connectivity index (χ0n) is 12.1. The second-order valence-corrected chi connectivity index (χ2v) is 5.38. The molecule has 2 aromatic rings. The molecule has 1 atom stereocenters. The van der Waals surface area contributed by atoms with Crippen LogP contribution in [-0.2, 0) is 4.74 Å². The van der Waals surface area contributed by atoms with Crippen LogP contribution >= 0.6 is 0 Å². The van der Waals surface area contributed by atoms with E-state index in [0.29, 0.717) is 37.2 Å². The highest BCUT2D eigenvalue weighted by Gasteiger charge is 2.30. The number of rotatable bonds is 3. The molecule has 5 nitrogen and oxygen atoms in total. The first-order chi connectivity index (χ1) is 10.2. The summed E-state index contributed by atoms with van der Waals surface area (Å²) >= 11 is 0. The summed E-state index contributed by atoms with van der Waals surface area (Å²) < 4.78 is 25.2. The Kier molecular flexibility index (Phi) is 3.88. The molecule has 1 aliphatic heterocycles. The lowest BCUT2D eigenvalue weighted by atomic mass is 10.0. The highest BCUT2D eigenvalue weighted by molar-refractivity contribution is 5.35. The first-order valence-corrected chi connectivity index (χ1v) is 7.09. The first kappa shape index (κ1) is 14.0. The van der Waals surface area contributed by atoms with E-state index in [1.54, 1.807) is 12.1 Å². The SMILES string of the molecule is CC(C)c1nnc(N2CCOCC2c2ccccc2F)o1. The minimum atomic E-state index is -0.250. The van der Waals surface area contributed by atoms with Gasteiger partial charge in [0.05, 0.1) is 19.3 Å². The predicted molar refractivity (Wildman–Crippen MR) is 75.7 cm³/mol. The number of halogens is 1. The molecule has 112 valence electrons. The highest BCUT2D eigenvalue weighted by Crippen LogP contribution is 2.31. The van der Waals surface area contributed by atoms with E-state index in [1.807, 2.05) is 24.8 Å². The van der Waals surface area contributed by atoms with Gasteiger partial charge < -0.3 is 14.1 Å². The Hall–Kier alpha value is -1.95. The van der Waals surface area contributed by atoms with Gasteiger partial charge in [-0.2, -0.15) is 0 Å². The number of ether oxygens (including phenoxy) is 1. The number of anilines is 1. The van der Waals surface area contributed by atoms with Crippen molar-refractivity contribution in [2.45, 2.75) is 25.8 Å². The lowest BCUT2D eigenvalue weighted by Crippen LogP contribution is -2.40. The van der Waals surface area contributed by atoms with Crippen molar-refractivity contribution >= 4 is 6.01 Å². The van der Waals surface area contributed by atoms with E-state index in [4.69, 9.17) is 9.15 Å². The molecule has 0 amide bonds. The number of aromatic nitrogens is 2. The van der Waals surface area contributed by atoms with Gasteiger partial charge >= 0.3 is 6.01 Å². The van der Waals surface area contributed by atoms with Gasteiger partial charge in [-0.3, -0.25) is 0 Å². The summed E-state index contributed by atoms with van der Waals surface area (Å²) in [5, 5.41) is 8.15. The molecule has 21 heavy (non-hydrogen) atoms. The second kappa shape index (κ2) is 5.81. The van der Waals surface area contributed by atoms with Gasteiger partial charge in [0.25, 0.3) is 0 Å². The average molecular weight is 291 g/mol. The number of hydrogen-bond acceptors (Lipinski definition) is 5. The van der Waals surface area contributed by atoms with Crippen LogP contribution in [-0.4, -0.2) is 30.0 Å². The summed E-state index contributed by atoms with van der Waals surface area (Å²) in [5.74, 6) is 0.504. The van der Waals surface area contributed by atoms with Gasteiger partial charge in [0.1, 0.15) is 5.82 Å². The van der Waals surface area contributed by atoms with Gasteiger partial charge in [-0.25, -0.2) is 4.39 Å². The van der Waals surface area contributed by atoms with Crippen molar-refractivity contribution in [3.8, 4) is 0 Å². The van der Waals surface area contributed by atoms with E-state index in [2.05, 4.69) is 10.2 Å². The summed E-state index contributed by atoms with van der Waals surface area (Å²) in [4.78, 5) is 1.92. The van der Waals surface area contributed by atoms with Crippen molar-refractivity contribution in [3.05, 3.63) is 41.5 Å². The lowest BCUT2D eigenvalue weighted by molar-refractivity contribution is 0.0900. The van der Waals surface area contributed by atoms with Crippen LogP contribution in [0.4, 0.5) is 10.4 Å². The monoisotopic (exact) mass is 291 g/mol. The molecule has 6 heteroatoms. The normalized spacial score (nSPS) is 19.2. The van der Waals surface area contributed by atoms with E-state index in [0.717, 1.165) is 0 Å². The molecular weight excluding hydrogens is 273 g/mol. The van der Waals surface area contributed by atoms with E-state index in [1.165, 1.54) is 6.07 Å². The second-order valence-electron chi connectivity index (χ2n) is 5.38. The maximum atomic E-state index is 14.0. The molecule has 3 rings (SSSR count). The summed E-state index contributed by atoms with van der Waals surface area (Å²) in [7, 11) is 0. The number of morpholine rings is 1. The van der Waals surface area contributed by atoms with Crippen molar-refractivity contribution in [1.82, 2.24) is 10.2 Å². The highest BCUT2D eigenvalue weighted by atomic mass is 19.1. The Labute approximate surface area is 122 Å². The maximum Gasteiger partial charge on any atom is 0.318 e. The first-order valence-electron chi connectivity index (χ1n) is 7.09. The Bertz CT molecular complexity index is 614. The van der Waals surface area contributed by atoms with Crippen LogP contribution in [0.2, 0.25) is 0 Å². The minimum Gasteiger partial charge on any atom is -0.408 e. The molecule has 0 radical (unpaired) electrons. The van der Waals surface area contributed by atoms with Crippen molar-refractivity contribution in [2.75, 3.05) is 24.7 Å². The topological polar surface area (TPSA) is 51.4 Å². The Balaban J connectivity index is 1.92. The van der Waals surface area contributed by atoms with Gasteiger partial charge in [-0.05, 0) is 6.07 Å². The molecular formula is C15H18FN3O2. The van der Waals surface area contributed by atoms with Crippen LogP contribution in [0, 0.1) is 5.82 Å². The summed E-state index contributed by atoms with van der Waals surface area (Å²) in [6.45, 7) is 5.54. The molecule has 1 aromatic carbocycles. The van der Waals surface area contributed by atoms with E-state index >= 15 is 0 Å². The largest absolute Gasteiger partial charge is 0.408 e. The average Bonchev–Trinajstić information content (AvgIpc) is 2.98. The molecule has 0 spiro atoms. The molecule has 0 saturated carbocycles. The fourth-order valence-electron chi connectivity index (χ4n) is 2.41. The number of nitrogens with zero attached hydrogens (tertiary/aromatic N) is 3. The van der Waals surface area contributed by atoms with E-state index in [9.17, 15) is 4.39 Å². The van der Waals surface area contributed by atoms with Gasteiger partial charge in [-0.15, -0.1) is 5.10 Å². The molecule has 0 bridgehead atoms. The van der Waals surface area contributed by atoms with Crippen molar-refractivity contribution in [3.63, 3.8) is 0 Å². The van der Waals surface area contributed by atoms with Crippen molar-refractivity contribution in [2.24, 2.45) is 0 Å². The molecule has 1 unspecified atom stereocenters. The molecule has 1 aliphatic rings. The van der Waals surface area contributed by atoms with E-state index < -0.39 is 0 Å². The van der Waals surface area contributed by atoms with Crippen LogP contribution in [0.15, 0.2) is 28.7 Å². The Morgan fingerprint density at radius 2 is 2.10 bits per heavy atom. The summed E-state index contributed by atoms with van der Waals surface area (Å²) in [5.41, 5.74) is 0.585. The minimum absolute atomic E-state index is 0.166. The maximum absolute atomic E-state index is 14.0. The number of hydrogen-bond donors (Lipinski definition) is 0. The third-order valence-corrected chi connectivity index (χ3v) is 3.56. The molecule has 2 heterocycles. The zero-order chi connectivity index (χ0) is 14.8. The summed E-state index contributed by atoms with van der Waals surface area (Å²) in [6.07, 6.45) is 0. The van der Waals surface area contributed by atoms with Crippen LogP contribution in [0.5, 0.6) is 0 Å². The molecule has 0 aliphatic carbocycles. The van der Waals surface area contributed by atoms with Crippen molar-refractivity contribution < 1.29 is 13.5 Å². The number of benzene rings is 1. The third kappa shape index (κ3) is 2.76. The molecule has 1 saturated heterocycles. The predicted octanol–water partition coefficient (Wildman–Crippen LogP) is 2.91. The molecule has 0 N–H and O–H groups in total. The standard InChI is InChI=1S/C15H18FN3O2/c1-10(2)14-17-18-15(21-14)19-7-8-20-9-13(19)11-5-3-4-6-12(11)16/h3-6,10,13H,7-9H2,1-2H3. The third-order valence-electron chi connectivity index (χ3n) is 3.56. The zero-order valence-corrected chi connectivity index (χ0v) is 12.1. The van der Waals surface area contributed by atoms with Gasteiger partial charge in [0.15, 0.2) is 0 Å². The van der Waals surface area contributed by atoms with Gasteiger partial charge in [-0.1, -0.05) is 37.1 Å². The van der Waals surface area contributed by atoms with E-state index in [-0.39, 0.29) is 17.8 Å². The Morgan fingerprint density at radius 3 is 2.81 bits per heavy atom. The van der Waals surface area contributed by atoms with Gasteiger partial charge in [0, 0.05) is 18.0 Å². The fourth-order valence-corrected chi connectivity index (χ4v) is 2.41. The smallest absolute Gasteiger partial charge is 0.318 e. The Morgan fingerprint density at radius 1 is 1.29 bits per heavy atom. The summed E-state index contributed by atoms with van der Waals surface area (Å²) in [6, 6.07) is 6.89. The van der Waals surface area contributed by atoms with Crippen molar-refractivity contribution in [1.29, 1.82) is 0 Å². The molecule has 1 fully saturated rings. The van der Waals surface area contributed by atoms with Crippen LogP contribution in [0.25, 0.3) is 0 Å². The van der Waals surface area contributed by atoms with Gasteiger partial charge in [0.2, 0.25) is 5.89 Å². The molecule has 1 aromatic heterocycles. The van der Waals surface area contributed by atoms with Crippen LogP contribution in [0.1, 0.15) is 37.3 Å². The fraction of sp³-hybridized carbons (Fsp3) is 0.467.